The van der Waals surface area contributed by atoms with E-state index < -0.39 is 5.97 Å². The maximum Gasteiger partial charge on any atom is 0.317 e. The average molecular weight is 258 g/mol. The lowest BCUT2D eigenvalue weighted by molar-refractivity contribution is -0.138. The van der Waals surface area contributed by atoms with Gasteiger partial charge in [-0.15, -0.1) is 0 Å². The second kappa shape index (κ2) is 8.45. The van der Waals surface area contributed by atoms with Gasteiger partial charge in [0.1, 0.15) is 0 Å². The molecule has 0 aromatic carbocycles. The summed E-state index contributed by atoms with van der Waals surface area (Å²) in [5.41, 5.74) is 0. The molecule has 2 atom stereocenters. The van der Waals surface area contributed by atoms with Crippen molar-refractivity contribution in [3.05, 3.63) is 0 Å². The number of nitrogens with one attached hydrogen (secondary N) is 1. The summed E-state index contributed by atoms with van der Waals surface area (Å²) in [5.74, 6) is -0.179. The van der Waals surface area contributed by atoms with Crippen LogP contribution in [0.2, 0.25) is 0 Å². The van der Waals surface area contributed by atoms with Crippen LogP contribution in [0.25, 0.3) is 0 Å². The summed E-state index contributed by atoms with van der Waals surface area (Å²) in [5, 5.41) is 21.0. The largest absolute Gasteiger partial charge is 0.480 e. The van der Waals surface area contributed by atoms with E-state index in [-0.39, 0.29) is 13.2 Å². The molecule has 5 heteroatoms. The molecule has 3 N–H and O–H groups in total. The fourth-order valence-corrected chi connectivity index (χ4v) is 2.74. The minimum atomic E-state index is -0.757. The van der Waals surface area contributed by atoms with Crippen molar-refractivity contribution in [2.45, 2.75) is 38.6 Å². The molecule has 0 amide bonds. The molecule has 1 fully saturated rings. The summed E-state index contributed by atoms with van der Waals surface area (Å²) in [6, 6.07) is 0.312. The molecule has 5 nitrogen and oxygen atoms in total. The molecule has 0 aliphatic carbocycles. The van der Waals surface area contributed by atoms with Crippen LogP contribution in [0, 0.1) is 5.92 Å². The van der Waals surface area contributed by atoms with Gasteiger partial charge >= 0.3 is 5.97 Å². The van der Waals surface area contributed by atoms with Crippen LogP contribution in [0.4, 0.5) is 0 Å². The van der Waals surface area contributed by atoms with Crippen molar-refractivity contribution in [1.82, 2.24) is 10.2 Å². The van der Waals surface area contributed by atoms with Crippen molar-refractivity contribution in [3.63, 3.8) is 0 Å². The summed E-state index contributed by atoms with van der Waals surface area (Å²) in [6.45, 7) is 4.69. The summed E-state index contributed by atoms with van der Waals surface area (Å²) in [6.07, 6.45) is 4.66. The molecule has 106 valence electrons. The van der Waals surface area contributed by atoms with Crippen molar-refractivity contribution in [3.8, 4) is 0 Å². The molecule has 0 bridgehead atoms. The van der Waals surface area contributed by atoms with Crippen LogP contribution in [0.15, 0.2) is 0 Å². The van der Waals surface area contributed by atoms with E-state index in [0.29, 0.717) is 18.5 Å². The van der Waals surface area contributed by atoms with Crippen LogP contribution < -0.4 is 5.32 Å². The number of carbonyl (C=O) groups is 1. The van der Waals surface area contributed by atoms with Gasteiger partial charge in [-0.3, -0.25) is 9.69 Å². The number of aliphatic hydroxyl groups is 1. The van der Waals surface area contributed by atoms with Crippen LogP contribution in [0.1, 0.15) is 32.6 Å². The second-order valence-electron chi connectivity index (χ2n) is 5.21. The fraction of sp³-hybridized carbons (Fsp3) is 0.923. The molecule has 0 aromatic heterocycles. The minimum absolute atomic E-state index is 0.125. The smallest absolute Gasteiger partial charge is 0.317 e. The Bertz CT molecular complexity index is 232. The van der Waals surface area contributed by atoms with E-state index in [1.807, 2.05) is 4.90 Å². The topological polar surface area (TPSA) is 72.8 Å². The second-order valence-corrected chi connectivity index (χ2v) is 5.21. The number of carboxylic acid groups (broad SMARTS) is 1. The van der Waals surface area contributed by atoms with Gasteiger partial charge in [0, 0.05) is 25.7 Å². The van der Waals surface area contributed by atoms with Crippen molar-refractivity contribution in [1.29, 1.82) is 0 Å². The number of likely N-dealkylation sites (tertiary alicyclic amines) is 1. The number of hydrogen-bond donors (Lipinski definition) is 3. The first-order chi connectivity index (χ1) is 8.65. The van der Waals surface area contributed by atoms with E-state index in [4.69, 9.17) is 10.2 Å². The molecule has 1 aliphatic rings. The zero-order chi connectivity index (χ0) is 13.4. The van der Waals surface area contributed by atoms with E-state index in [0.717, 1.165) is 19.5 Å². The molecule has 0 saturated carbocycles. The molecule has 1 aliphatic heterocycles. The molecule has 1 saturated heterocycles. The van der Waals surface area contributed by atoms with Crippen molar-refractivity contribution >= 4 is 5.97 Å². The lowest BCUT2D eigenvalue weighted by Gasteiger charge is -2.37. The number of rotatable bonds is 8. The minimum Gasteiger partial charge on any atom is -0.480 e. The van der Waals surface area contributed by atoms with Gasteiger partial charge in [0.15, 0.2) is 0 Å². The Hall–Kier alpha value is -0.650. The normalized spacial score (nSPS) is 25.2. The highest BCUT2D eigenvalue weighted by Gasteiger charge is 2.27. The van der Waals surface area contributed by atoms with Crippen LogP contribution in [0.5, 0.6) is 0 Å². The monoisotopic (exact) mass is 258 g/mol. The third-order valence-electron chi connectivity index (χ3n) is 3.48. The van der Waals surface area contributed by atoms with Crippen molar-refractivity contribution < 1.29 is 15.0 Å². The van der Waals surface area contributed by atoms with E-state index in [1.54, 1.807) is 0 Å². The lowest BCUT2D eigenvalue weighted by Crippen LogP contribution is -2.51. The quantitative estimate of drug-likeness (QED) is 0.592. The predicted octanol–water partition coefficient (Wildman–Crippen LogP) is 0.534. The molecule has 2 unspecified atom stereocenters. The van der Waals surface area contributed by atoms with Crippen LogP contribution >= 0.6 is 0 Å². The number of aliphatic hydroxyl groups excluding tert-OH is 1. The molecule has 18 heavy (non-hydrogen) atoms. The first-order valence-corrected chi connectivity index (χ1v) is 6.94. The summed E-state index contributed by atoms with van der Waals surface area (Å²) < 4.78 is 0. The highest BCUT2D eigenvalue weighted by molar-refractivity contribution is 5.69. The van der Waals surface area contributed by atoms with Gasteiger partial charge in [-0.2, -0.15) is 0 Å². The summed E-state index contributed by atoms with van der Waals surface area (Å²) in [7, 11) is 0. The first-order valence-electron chi connectivity index (χ1n) is 6.94. The summed E-state index contributed by atoms with van der Waals surface area (Å²) >= 11 is 0. The van der Waals surface area contributed by atoms with E-state index in [9.17, 15) is 4.79 Å². The molecule has 0 radical (unpaired) electrons. The fourth-order valence-electron chi connectivity index (χ4n) is 2.74. The third-order valence-corrected chi connectivity index (χ3v) is 3.48. The average Bonchev–Trinajstić information content (AvgIpc) is 2.33. The Morgan fingerprint density at radius 1 is 1.44 bits per heavy atom. The van der Waals surface area contributed by atoms with Gasteiger partial charge in [-0.1, -0.05) is 19.8 Å². The number of unbranched alkanes of at least 4 members (excludes halogenated alkanes) is 1. The van der Waals surface area contributed by atoms with E-state index in [1.165, 1.54) is 19.3 Å². The van der Waals surface area contributed by atoms with Crippen LogP contribution in [-0.2, 0) is 4.79 Å². The Morgan fingerprint density at radius 3 is 2.83 bits per heavy atom. The maximum atomic E-state index is 10.8. The van der Waals surface area contributed by atoms with Crippen LogP contribution in [0.3, 0.4) is 0 Å². The highest BCUT2D eigenvalue weighted by Crippen LogP contribution is 2.21. The van der Waals surface area contributed by atoms with Gasteiger partial charge in [0.2, 0.25) is 0 Å². The van der Waals surface area contributed by atoms with Gasteiger partial charge in [-0.05, 0) is 18.8 Å². The molecular weight excluding hydrogens is 232 g/mol. The number of carboxylic acids is 1. The standard InChI is InChI=1S/C13H26N2O3/c1-2-3-4-11-7-12(14-5-6-16)9-15(8-11)10-13(17)18/h11-12,14,16H,2-10H2,1H3,(H,17,18). The number of hydrogen-bond acceptors (Lipinski definition) is 4. The highest BCUT2D eigenvalue weighted by atomic mass is 16.4. The van der Waals surface area contributed by atoms with Gasteiger partial charge < -0.3 is 15.5 Å². The van der Waals surface area contributed by atoms with Gasteiger partial charge in [0.05, 0.1) is 13.2 Å². The zero-order valence-corrected chi connectivity index (χ0v) is 11.3. The molecule has 1 heterocycles. The van der Waals surface area contributed by atoms with Crippen molar-refractivity contribution in [2.75, 3.05) is 32.8 Å². The lowest BCUT2D eigenvalue weighted by atomic mass is 9.90. The number of piperidine rings is 1. The molecular formula is C13H26N2O3. The third kappa shape index (κ3) is 5.80. The van der Waals surface area contributed by atoms with Gasteiger partial charge in [0.25, 0.3) is 0 Å². The first kappa shape index (κ1) is 15.4. The predicted molar refractivity (Wildman–Crippen MR) is 70.6 cm³/mol. The number of aliphatic carboxylic acids is 1. The van der Waals surface area contributed by atoms with E-state index >= 15 is 0 Å². The Kier molecular flexibility index (Phi) is 7.23. The Balaban J connectivity index is 2.45. The molecule has 0 spiro atoms. The van der Waals surface area contributed by atoms with Crippen molar-refractivity contribution in [2.24, 2.45) is 5.92 Å². The van der Waals surface area contributed by atoms with E-state index in [2.05, 4.69) is 12.2 Å². The summed E-state index contributed by atoms with van der Waals surface area (Å²) in [4.78, 5) is 12.8. The number of nitrogens with zero attached hydrogens (tertiary/aromatic N) is 1. The Morgan fingerprint density at radius 2 is 2.22 bits per heavy atom. The molecule has 1 rings (SSSR count). The van der Waals surface area contributed by atoms with Crippen LogP contribution in [-0.4, -0.2) is 59.9 Å². The SMILES string of the molecule is CCCCC1CC(NCCO)CN(CC(=O)O)C1. The maximum absolute atomic E-state index is 10.8. The van der Waals surface area contributed by atoms with Gasteiger partial charge in [-0.25, -0.2) is 0 Å². The Labute approximate surface area is 109 Å². The molecule has 0 aromatic rings. The zero-order valence-electron chi connectivity index (χ0n) is 11.3.